The molecule has 0 N–H and O–H groups in total. The van der Waals surface area contributed by atoms with E-state index in [4.69, 9.17) is 0 Å². The van der Waals surface area contributed by atoms with E-state index in [0.717, 1.165) is 6.20 Å². The first-order chi connectivity index (χ1) is 8.29. The number of nitrogens with zero attached hydrogens (tertiary/aromatic N) is 3. The fraction of sp³-hybridized carbons (Fsp3) is 0.125. The Morgan fingerprint density at radius 3 is 2.61 bits per heavy atom. The molecule has 0 amide bonds. The third-order valence-electron chi connectivity index (χ3n) is 1.77. The highest BCUT2D eigenvalue weighted by atomic mass is 32.2. The second-order valence-electron chi connectivity index (χ2n) is 3.04. The van der Waals surface area contributed by atoms with Crippen molar-refractivity contribution in [3.8, 4) is 5.88 Å². The third-order valence-corrected chi connectivity index (χ3v) is 2.73. The Morgan fingerprint density at radius 1 is 1.22 bits per heavy atom. The van der Waals surface area contributed by atoms with Crippen molar-refractivity contribution in [1.29, 1.82) is 0 Å². The molecule has 0 bridgehead atoms. The average molecular weight is 279 g/mol. The second kappa shape index (κ2) is 4.05. The number of alkyl halides is 3. The molecule has 10 heteroatoms. The SMILES string of the molecule is O=S(=O)(Oc1cnc2cccnc2n1)C(F)(F)F. The highest BCUT2D eigenvalue weighted by Gasteiger charge is 2.48. The Labute approximate surface area is 98.6 Å². The summed E-state index contributed by atoms with van der Waals surface area (Å²) in [5.41, 5.74) is -5.24. The van der Waals surface area contributed by atoms with Crippen LogP contribution in [-0.4, -0.2) is 28.9 Å². The van der Waals surface area contributed by atoms with E-state index in [1.807, 2.05) is 0 Å². The van der Waals surface area contributed by atoms with Crippen LogP contribution in [0.2, 0.25) is 0 Å². The number of hydrogen-bond donors (Lipinski definition) is 0. The molecule has 2 heterocycles. The molecule has 2 aromatic heterocycles. The van der Waals surface area contributed by atoms with Gasteiger partial charge in [0, 0.05) is 6.20 Å². The lowest BCUT2D eigenvalue weighted by Gasteiger charge is -2.08. The summed E-state index contributed by atoms with van der Waals surface area (Å²) >= 11 is 0. The van der Waals surface area contributed by atoms with Gasteiger partial charge >= 0.3 is 15.6 Å². The summed E-state index contributed by atoms with van der Waals surface area (Å²) in [6.45, 7) is 0. The molecule has 0 radical (unpaired) electrons. The lowest BCUT2D eigenvalue weighted by atomic mass is 10.4. The molecule has 0 saturated heterocycles. The van der Waals surface area contributed by atoms with Crippen LogP contribution < -0.4 is 4.18 Å². The molecule has 0 atom stereocenters. The van der Waals surface area contributed by atoms with Crippen LogP contribution in [-0.2, 0) is 10.1 Å². The van der Waals surface area contributed by atoms with E-state index in [1.165, 1.54) is 12.3 Å². The average Bonchev–Trinajstić information content (AvgIpc) is 2.27. The van der Waals surface area contributed by atoms with E-state index in [-0.39, 0.29) is 5.65 Å². The highest BCUT2D eigenvalue weighted by molar-refractivity contribution is 7.87. The second-order valence-corrected chi connectivity index (χ2v) is 4.58. The van der Waals surface area contributed by atoms with E-state index >= 15 is 0 Å². The van der Waals surface area contributed by atoms with Crippen molar-refractivity contribution in [2.24, 2.45) is 0 Å². The van der Waals surface area contributed by atoms with E-state index in [1.54, 1.807) is 6.07 Å². The number of rotatable bonds is 2. The normalized spacial score (nSPS) is 12.6. The lowest BCUT2D eigenvalue weighted by molar-refractivity contribution is -0.0501. The van der Waals surface area contributed by atoms with E-state index in [0.29, 0.717) is 5.52 Å². The Balaban J connectivity index is 2.39. The van der Waals surface area contributed by atoms with Crippen molar-refractivity contribution in [2.45, 2.75) is 5.51 Å². The van der Waals surface area contributed by atoms with Crippen molar-refractivity contribution in [3.63, 3.8) is 0 Å². The monoisotopic (exact) mass is 279 g/mol. The van der Waals surface area contributed by atoms with Gasteiger partial charge in [-0.1, -0.05) is 0 Å². The predicted molar refractivity (Wildman–Crippen MR) is 52.9 cm³/mol. The van der Waals surface area contributed by atoms with Gasteiger partial charge in [-0.25, -0.2) is 9.97 Å². The fourth-order valence-electron chi connectivity index (χ4n) is 1.03. The summed E-state index contributed by atoms with van der Waals surface area (Å²) in [7, 11) is -5.75. The highest BCUT2D eigenvalue weighted by Crippen LogP contribution is 2.26. The van der Waals surface area contributed by atoms with Gasteiger partial charge < -0.3 is 4.18 Å². The molecular formula is C8H4F3N3O3S. The topological polar surface area (TPSA) is 82.0 Å². The van der Waals surface area contributed by atoms with Gasteiger partial charge in [0.1, 0.15) is 5.52 Å². The van der Waals surface area contributed by atoms with E-state index < -0.39 is 21.5 Å². The van der Waals surface area contributed by atoms with E-state index in [2.05, 4.69) is 19.1 Å². The third kappa shape index (κ3) is 2.32. The molecular weight excluding hydrogens is 275 g/mol. The summed E-state index contributed by atoms with van der Waals surface area (Å²) in [6.07, 6.45) is 2.10. The van der Waals surface area contributed by atoms with Crippen molar-refractivity contribution >= 4 is 21.3 Å². The van der Waals surface area contributed by atoms with Crippen molar-refractivity contribution in [1.82, 2.24) is 15.0 Å². The Morgan fingerprint density at radius 2 is 1.94 bits per heavy atom. The van der Waals surface area contributed by atoms with Crippen LogP contribution in [0.4, 0.5) is 13.2 Å². The predicted octanol–water partition coefficient (Wildman–Crippen LogP) is 1.25. The van der Waals surface area contributed by atoms with Crippen molar-refractivity contribution in [3.05, 3.63) is 24.5 Å². The number of aromatic nitrogens is 3. The lowest BCUT2D eigenvalue weighted by Crippen LogP contribution is -2.28. The minimum absolute atomic E-state index is 0.0209. The maximum absolute atomic E-state index is 12.1. The molecule has 0 unspecified atom stereocenters. The van der Waals surface area contributed by atoms with Gasteiger partial charge in [0.05, 0.1) is 6.20 Å². The zero-order valence-electron chi connectivity index (χ0n) is 8.42. The molecule has 2 aromatic rings. The van der Waals surface area contributed by atoms with Crippen LogP contribution in [0, 0.1) is 0 Å². The molecule has 0 fully saturated rings. The zero-order chi connectivity index (χ0) is 13.4. The van der Waals surface area contributed by atoms with Crippen molar-refractivity contribution < 1.29 is 25.8 Å². The van der Waals surface area contributed by atoms with Gasteiger partial charge in [0.2, 0.25) is 0 Å². The molecule has 18 heavy (non-hydrogen) atoms. The Bertz CT molecular complexity index is 687. The number of halogens is 3. The van der Waals surface area contributed by atoms with Gasteiger partial charge in [-0.2, -0.15) is 26.6 Å². The van der Waals surface area contributed by atoms with Crippen LogP contribution in [0.25, 0.3) is 11.2 Å². The molecule has 0 saturated carbocycles. The summed E-state index contributed by atoms with van der Waals surface area (Å²) in [4.78, 5) is 10.9. The molecule has 0 aliphatic heterocycles. The largest absolute Gasteiger partial charge is 0.534 e. The van der Waals surface area contributed by atoms with Crippen LogP contribution in [0.3, 0.4) is 0 Å². The molecule has 0 aliphatic rings. The number of hydrogen-bond acceptors (Lipinski definition) is 6. The smallest absolute Gasteiger partial charge is 0.353 e. The zero-order valence-corrected chi connectivity index (χ0v) is 9.23. The van der Waals surface area contributed by atoms with Gasteiger partial charge in [-0.05, 0) is 12.1 Å². The van der Waals surface area contributed by atoms with Crippen LogP contribution in [0.5, 0.6) is 5.88 Å². The molecule has 96 valence electrons. The number of fused-ring (bicyclic) bond motifs is 1. The summed E-state index contributed by atoms with van der Waals surface area (Å²) < 4.78 is 61.4. The van der Waals surface area contributed by atoms with Gasteiger partial charge in [-0.3, -0.25) is 0 Å². The van der Waals surface area contributed by atoms with Crippen LogP contribution in [0.15, 0.2) is 24.5 Å². The first kappa shape index (κ1) is 12.5. The van der Waals surface area contributed by atoms with Crippen LogP contribution in [0.1, 0.15) is 0 Å². The molecule has 0 aromatic carbocycles. The first-order valence-corrected chi connectivity index (χ1v) is 5.79. The summed E-state index contributed by atoms with van der Waals surface area (Å²) in [6, 6.07) is 3.06. The quantitative estimate of drug-likeness (QED) is 0.608. The maximum atomic E-state index is 12.1. The maximum Gasteiger partial charge on any atom is 0.534 e. The van der Waals surface area contributed by atoms with Crippen LogP contribution >= 0.6 is 0 Å². The Hall–Kier alpha value is -1.97. The molecule has 0 spiro atoms. The fourth-order valence-corrected chi connectivity index (χ4v) is 1.43. The van der Waals surface area contributed by atoms with E-state index in [9.17, 15) is 21.6 Å². The Kier molecular flexibility index (Phi) is 2.81. The minimum Gasteiger partial charge on any atom is -0.353 e. The summed E-state index contributed by atoms with van der Waals surface area (Å²) in [5, 5.41) is 0. The number of pyridine rings is 1. The molecule has 6 nitrogen and oxygen atoms in total. The molecule has 0 aliphatic carbocycles. The van der Waals surface area contributed by atoms with Gasteiger partial charge in [-0.15, -0.1) is 0 Å². The first-order valence-electron chi connectivity index (χ1n) is 4.38. The van der Waals surface area contributed by atoms with Gasteiger partial charge in [0.15, 0.2) is 5.65 Å². The molecule has 2 rings (SSSR count). The van der Waals surface area contributed by atoms with Gasteiger partial charge in [0.25, 0.3) is 5.88 Å². The summed E-state index contributed by atoms with van der Waals surface area (Å²) in [5.74, 6) is -0.793. The minimum atomic E-state index is -5.75. The standard InChI is InChI=1S/C8H4F3N3O3S/c9-8(10,11)18(15,16)17-6-4-13-5-2-1-3-12-7(5)14-6/h1-4H. The van der Waals surface area contributed by atoms with Crippen molar-refractivity contribution in [2.75, 3.05) is 0 Å².